The molecule has 4 nitrogen and oxygen atoms in total. The number of amides is 1. The zero-order valence-electron chi connectivity index (χ0n) is 11.9. The number of hydrogen-bond acceptors (Lipinski definition) is 3. The predicted molar refractivity (Wildman–Crippen MR) is 91.6 cm³/mol. The molecule has 1 amide bonds. The van der Waals surface area contributed by atoms with Crippen molar-refractivity contribution in [2.24, 2.45) is 0 Å². The van der Waals surface area contributed by atoms with E-state index in [2.05, 4.69) is 15.3 Å². The van der Waals surface area contributed by atoms with Gasteiger partial charge in [0.1, 0.15) is 0 Å². The van der Waals surface area contributed by atoms with Gasteiger partial charge in [-0.1, -0.05) is 41.6 Å². The fraction of sp³-hybridized carbons (Fsp3) is 0.125. The number of thioether (sulfide) groups is 1. The normalized spacial score (nSPS) is 10.8. The van der Waals surface area contributed by atoms with Crippen molar-refractivity contribution in [3.05, 3.63) is 53.1 Å². The summed E-state index contributed by atoms with van der Waals surface area (Å²) < 4.78 is 0. The van der Waals surface area contributed by atoms with Crippen molar-refractivity contribution in [1.82, 2.24) is 9.97 Å². The molecule has 0 atom stereocenters. The number of nitrogens with zero attached hydrogens (tertiary/aromatic N) is 1. The number of benzene rings is 2. The number of anilines is 1. The van der Waals surface area contributed by atoms with Gasteiger partial charge in [0.05, 0.1) is 27.5 Å². The van der Waals surface area contributed by atoms with Gasteiger partial charge in [-0.25, -0.2) is 4.98 Å². The van der Waals surface area contributed by atoms with Gasteiger partial charge in [0.2, 0.25) is 5.91 Å². The Morgan fingerprint density at radius 3 is 2.91 bits per heavy atom. The molecule has 3 rings (SSSR count). The van der Waals surface area contributed by atoms with Crippen molar-refractivity contribution in [1.29, 1.82) is 0 Å². The second kappa shape index (κ2) is 6.42. The molecule has 1 aromatic heterocycles. The molecule has 0 fully saturated rings. The van der Waals surface area contributed by atoms with Gasteiger partial charge in [0.25, 0.3) is 0 Å². The van der Waals surface area contributed by atoms with Crippen molar-refractivity contribution in [2.45, 2.75) is 12.1 Å². The number of carbonyl (C=O) groups excluding carboxylic acids is 1. The number of halogens is 1. The Morgan fingerprint density at radius 1 is 1.32 bits per heavy atom. The first-order chi connectivity index (χ1) is 10.6. The van der Waals surface area contributed by atoms with Gasteiger partial charge in [-0.05, 0) is 36.8 Å². The first-order valence-electron chi connectivity index (χ1n) is 6.75. The predicted octanol–water partition coefficient (Wildman–Crippen LogP) is 4.26. The molecule has 0 bridgehead atoms. The Kier molecular flexibility index (Phi) is 4.36. The maximum atomic E-state index is 12.0. The molecule has 0 radical (unpaired) electrons. The number of fused-ring (bicyclic) bond motifs is 1. The number of para-hydroxylation sites is 2. The van der Waals surface area contributed by atoms with Crippen LogP contribution >= 0.6 is 23.4 Å². The standard InChI is InChI=1S/C16H14ClN3OS/c1-10-6-7-12(11(17)8-10)18-15(21)9-22-16-19-13-4-2-3-5-14(13)20-16/h2-8H,9H2,1H3,(H,18,21)(H,19,20). The lowest BCUT2D eigenvalue weighted by Gasteiger charge is -2.07. The average Bonchev–Trinajstić information content (AvgIpc) is 2.91. The summed E-state index contributed by atoms with van der Waals surface area (Å²) in [4.78, 5) is 19.6. The van der Waals surface area contributed by atoms with E-state index in [-0.39, 0.29) is 11.7 Å². The second-order valence-electron chi connectivity index (χ2n) is 4.88. The quantitative estimate of drug-likeness (QED) is 0.702. The third kappa shape index (κ3) is 3.43. The van der Waals surface area contributed by atoms with Crippen LogP contribution in [0.4, 0.5) is 5.69 Å². The number of imidazole rings is 1. The highest BCUT2D eigenvalue weighted by atomic mass is 35.5. The van der Waals surface area contributed by atoms with E-state index in [4.69, 9.17) is 11.6 Å². The lowest BCUT2D eigenvalue weighted by Crippen LogP contribution is -2.14. The molecule has 0 saturated carbocycles. The van der Waals surface area contributed by atoms with Gasteiger partial charge in [-0.2, -0.15) is 0 Å². The molecule has 2 aromatic carbocycles. The highest BCUT2D eigenvalue weighted by Crippen LogP contribution is 2.24. The van der Waals surface area contributed by atoms with Gasteiger partial charge in [0, 0.05) is 0 Å². The number of aromatic nitrogens is 2. The summed E-state index contributed by atoms with van der Waals surface area (Å²) in [6.45, 7) is 1.95. The molecule has 0 aliphatic carbocycles. The largest absolute Gasteiger partial charge is 0.333 e. The van der Waals surface area contributed by atoms with Crippen molar-refractivity contribution in [2.75, 3.05) is 11.1 Å². The molecule has 0 aliphatic rings. The summed E-state index contributed by atoms with van der Waals surface area (Å²) in [6.07, 6.45) is 0. The lowest BCUT2D eigenvalue weighted by atomic mass is 10.2. The van der Waals surface area contributed by atoms with Gasteiger partial charge < -0.3 is 10.3 Å². The first-order valence-corrected chi connectivity index (χ1v) is 8.12. The van der Waals surface area contributed by atoms with Crippen LogP contribution in [0, 0.1) is 6.92 Å². The van der Waals surface area contributed by atoms with E-state index in [9.17, 15) is 4.79 Å². The minimum Gasteiger partial charge on any atom is -0.333 e. The highest BCUT2D eigenvalue weighted by Gasteiger charge is 2.09. The van der Waals surface area contributed by atoms with Gasteiger partial charge in [-0.15, -0.1) is 0 Å². The molecule has 6 heteroatoms. The van der Waals surface area contributed by atoms with Crippen LogP contribution in [0.5, 0.6) is 0 Å². The van der Waals surface area contributed by atoms with Crippen molar-refractivity contribution in [3.8, 4) is 0 Å². The first kappa shape index (κ1) is 14.9. The second-order valence-corrected chi connectivity index (χ2v) is 6.25. The Bertz CT molecular complexity index is 798. The summed E-state index contributed by atoms with van der Waals surface area (Å²) >= 11 is 7.46. The van der Waals surface area contributed by atoms with Gasteiger partial charge >= 0.3 is 0 Å². The van der Waals surface area contributed by atoms with E-state index >= 15 is 0 Å². The summed E-state index contributed by atoms with van der Waals surface area (Å²) in [5.41, 5.74) is 3.54. The third-order valence-corrected chi connectivity index (χ3v) is 4.29. The minimum atomic E-state index is -0.115. The lowest BCUT2D eigenvalue weighted by molar-refractivity contribution is -0.113. The molecule has 0 aliphatic heterocycles. The van der Waals surface area contributed by atoms with Crippen LogP contribution in [0.1, 0.15) is 5.56 Å². The molecule has 3 aromatic rings. The van der Waals surface area contributed by atoms with Crippen LogP contribution in [0.3, 0.4) is 0 Å². The monoisotopic (exact) mass is 331 g/mol. The topological polar surface area (TPSA) is 57.8 Å². The Balaban J connectivity index is 1.62. The van der Waals surface area contributed by atoms with Gasteiger partial charge in [0.15, 0.2) is 5.16 Å². The Hall–Kier alpha value is -1.98. The van der Waals surface area contributed by atoms with Crippen LogP contribution in [0.2, 0.25) is 5.02 Å². The number of aromatic amines is 1. The SMILES string of the molecule is Cc1ccc(NC(=O)CSc2nc3ccccc3[nH]2)c(Cl)c1. The molecule has 0 spiro atoms. The van der Waals surface area contributed by atoms with Crippen LogP contribution in [-0.2, 0) is 4.79 Å². The molecule has 2 N–H and O–H groups in total. The fourth-order valence-corrected chi connectivity index (χ4v) is 3.01. The smallest absolute Gasteiger partial charge is 0.234 e. The molecular formula is C16H14ClN3OS. The van der Waals surface area contributed by atoms with Crippen molar-refractivity contribution < 1.29 is 4.79 Å². The summed E-state index contributed by atoms with van der Waals surface area (Å²) in [6, 6.07) is 13.3. The van der Waals surface area contributed by atoms with E-state index < -0.39 is 0 Å². The molecule has 0 saturated heterocycles. The molecule has 112 valence electrons. The summed E-state index contributed by atoms with van der Waals surface area (Å²) in [5, 5.41) is 4.08. The Morgan fingerprint density at radius 2 is 2.14 bits per heavy atom. The summed E-state index contributed by atoms with van der Waals surface area (Å²) in [7, 11) is 0. The zero-order chi connectivity index (χ0) is 15.5. The van der Waals surface area contributed by atoms with Crippen LogP contribution in [0.15, 0.2) is 47.6 Å². The number of hydrogen-bond donors (Lipinski definition) is 2. The number of aryl methyl sites for hydroxylation is 1. The highest BCUT2D eigenvalue weighted by molar-refractivity contribution is 7.99. The van der Waals surface area contributed by atoms with Crippen LogP contribution in [-0.4, -0.2) is 21.6 Å². The maximum Gasteiger partial charge on any atom is 0.234 e. The summed E-state index contributed by atoms with van der Waals surface area (Å²) in [5.74, 6) is 0.153. The van der Waals surface area contributed by atoms with Crippen LogP contribution < -0.4 is 5.32 Å². The third-order valence-electron chi connectivity index (χ3n) is 3.11. The maximum absolute atomic E-state index is 12.0. The van der Waals surface area contributed by atoms with E-state index in [0.29, 0.717) is 10.7 Å². The minimum absolute atomic E-state index is 0.115. The zero-order valence-corrected chi connectivity index (χ0v) is 13.5. The van der Waals surface area contributed by atoms with Gasteiger partial charge in [-0.3, -0.25) is 4.79 Å². The van der Waals surface area contributed by atoms with E-state index in [1.807, 2.05) is 43.3 Å². The van der Waals surface area contributed by atoms with E-state index in [1.54, 1.807) is 6.07 Å². The average molecular weight is 332 g/mol. The molecule has 1 heterocycles. The fourth-order valence-electron chi connectivity index (χ4n) is 2.04. The Labute approximate surface area is 137 Å². The van der Waals surface area contributed by atoms with E-state index in [1.165, 1.54) is 11.8 Å². The van der Waals surface area contributed by atoms with Crippen LogP contribution in [0.25, 0.3) is 11.0 Å². The van der Waals surface area contributed by atoms with Crippen molar-refractivity contribution in [3.63, 3.8) is 0 Å². The molecule has 0 unspecified atom stereocenters. The number of rotatable bonds is 4. The molecule has 22 heavy (non-hydrogen) atoms. The number of carbonyl (C=O) groups is 1. The number of nitrogens with one attached hydrogen (secondary N) is 2. The number of H-pyrrole nitrogens is 1. The molecular weight excluding hydrogens is 318 g/mol. The van der Waals surface area contributed by atoms with E-state index in [0.717, 1.165) is 21.8 Å². The van der Waals surface area contributed by atoms with Crippen molar-refractivity contribution >= 4 is 46.0 Å².